The van der Waals surface area contributed by atoms with Gasteiger partial charge < -0.3 is 5.73 Å². The van der Waals surface area contributed by atoms with Crippen molar-refractivity contribution in [1.29, 1.82) is 0 Å². The molecule has 0 amide bonds. The molecule has 0 spiro atoms. The van der Waals surface area contributed by atoms with Gasteiger partial charge in [0.25, 0.3) is 0 Å². The van der Waals surface area contributed by atoms with Crippen LogP contribution >= 0.6 is 15.9 Å². The summed E-state index contributed by atoms with van der Waals surface area (Å²) >= 11 is 3.46. The Kier molecular flexibility index (Phi) is 5.06. The van der Waals surface area contributed by atoms with E-state index in [0.717, 1.165) is 27.7 Å². The second kappa shape index (κ2) is 6.62. The van der Waals surface area contributed by atoms with Gasteiger partial charge in [0.15, 0.2) is 0 Å². The first kappa shape index (κ1) is 16.0. The Hall–Kier alpha value is -1.33. The summed E-state index contributed by atoms with van der Waals surface area (Å²) in [5, 5.41) is 0. The van der Waals surface area contributed by atoms with Gasteiger partial charge in [-0.1, -0.05) is 46.3 Å². The molecule has 0 saturated heterocycles. The van der Waals surface area contributed by atoms with Crippen LogP contribution in [0.2, 0.25) is 0 Å². The lowest BCUT2D eigenvalue weighted by molar-refractivity contribution is -0.137. The second-order valence-corrected chi connectivity index (χ2v) is 5.81. The molecule has 21 heavy (non-hydrogen) atoms. The summed E-state index contributed by atoms with van der Waals surface area (Å²) in [6, 6.07) is 12.8. The highest BCUT2D eigenvalue weighted by Crippen LogP contribution is 2.29. The molecule has 112 valence electrons. The van der Waals surface area contributed by atoms with E-state index in [1.165, 1.54) is 12.1 Å². The average Bonchev–Trinajstić information content (AvgIpc) is 2.41. The van der Waals surface area contributed by atoms with Gasteiger partial charge in [-0.05, 0) is 42.2 Å². The molecule has 0 aromatic heterocycles. The van der Waals surface area contributed by atoms with E-state index in [4.69, 9.17) is 5.73 Å². The molecule has 2 N–H and O–H groups in total. The van der Waals surface area contributed by atoms with Gasteiger partial charge in [-0.2, -0.15) is 13.2 Å². The number of halogens is 4. The molecule has 1 atom stereocenters. The molecule has 0 aliphatic rings. The molecule has 2 aromatic carbocycles. The zero-order valence-electron chi connectivity index (χ0n) is 11.2. The molecule has 5 heteroatoms. The minimum absolute atomic E-state index is 0.138. The second-order valence-electron chi connectivity index (χ2n) is 4.95. The first-order valence-corrected chi connectivity index (χ1v) is 7.30. The molecule has 0 saturated carbocycles. The number of rotatable bonds is 4. The number of hydrogen-bond acceptors (Lipinski definition) is 1. The zero-order valence-corrected chi connectivity index (χ0v) is 12.8. The van der Waals surface area contributed by atoms with Crippen LogP contribution in [0.5, 0.6) is 0 Å². The predicted octanol–water partition coefficient (Wildman–Crippen LogP) is 4.58. The summed E-state index contributed by atoms with van der Waals surface area (Å²) in [5.74, 6) is 0. The van der Waals surface area contributed by atoms with Crippen LogP contribution in [0.25, 0.3) is 0 Å². The summed E-state index contributed by atoms with van der Waals surface area (Å²) < 4.78 is 38.4. The minimum Gasteiger partial charge on any atom is -0.327 e. The van der Waals surface area contributed by atoms with E-state index in [-0.39, 0.29) is 6.04 Å². The lowest BCUT2D eigenvalue weighted by Crippen LogP contribution is -2.25. The monoisotopic (exact) mass is 357 g/mol. The quantitative estimate of drug-likeness (QED) is 0.851. The molecule has 1 nitrogen and oxygen atoms in total. The van der Waals surface area contributed by atoms with Crippen LogP contribution in [0.4, 0.5) is 13.2 Å². The molecule has 2 aromatic rings. The Morgan fingerprint density at radius 3 is 2.14 bits per heavy atom. The van der Waals surface area contributed by atoms with E-state index in [2.05, 4.69) is 15.9 Å². The van der Waals surface area contributed by atoms with Gasteiger partial charge in [-0.25, -0.2) is 0 Å². The standard InChI is InChI=1S/C16H15BrF3N/c17-15-4-2-1-3-12(15)10-14(21)9-11-5-7-13(8-6-11)16(18,19)20/h1-8,14H,9-10,21H2. The fraction of sp³-hybridized carbons (Fsp3) is 0.250. The highest BCUT2D eigenvalue weighted by molar-refractivity contribution is 9.10. The lowest BCUT2D eigenvalue weighted by atomic mass is 9.99. The van der Waals surface area contributed by atoms with E-state index in [1.54, 1.807) is 0 Å². The van der Waals surface area contributed by atoms with Crippen molar-refractivity contribution in [1.82, 2.24) is 0 Å². The van der Waals surface area contributed by atoms with Crippen LogP contribution in [0, 0.1) is 0 Å². The highest BCUT2D eigenvalue weighted by atomic mass is 79.9. The van der Waals surface area contributed by atoms with Crippen molar-refractivity contribution in [2.24, 2.45) is 5.73 Å². The number of benzene rings is 2. The van der Waals surface area contributed by atoms with Crippen molar-refractivity contribution in [3.8, 4) is 0 Å². The molecule has 0 bridgehead atoms. The van der Waals surface area contributed by atoms with Gasteiger partial charge in [0.1, 0.15) is 0 Å². The van der Waals surface area contributed by atoms with Crippen LogP contribution in [0.15, 0.2) is 53.0 Å². The molecule has 2 rings (SSSR count). The Morgan fingerprint density at radius 1 is 0.952 bits per heavy atom. The van der Waals surface area contributed by atoms with Gasteiger partial charge in [0.2, 0.25) is 0 Å². The molecular weight excluding hydrogens is 343 g/mol. The van der Waals surface area contributed by atoms with Gasteiger partial charge >= 0.3 is 6.18 Å². The van der Waals surface area contributed by atoms with E-state index in [0.29, 0.717) is 12.8 Å². The third-order valence-electron chi connectivity index (χ3n) is 3.22. The van der Waals surface area contributed by atoms with Crippen LogP contribution < -0.4 is 5.73 Å². The van der Waals surface area contributed by atoms with Crippen LogP contribution in [0.1, 0.15) is 16.7 Å². The summed E-state index contributed by atoms with van der Waals surface area (Å²) in [6.45, 7) is 0. The molecule has 0 radical (unpaired) electrons. The van der Waals surface area contributed by atoms with Crippen molar-refractivity contribution in [3.63, 3.8) is 0 Å². The van der Waals surface area contributed by atoms with Crippen LogP contribution in [-0.2, 0) is 19.0 Å². The van der Waals surface area contributed by atoms with E-state index in [9.17, 15) is 13.2 Å². The van der Waals surface area contributed by atoms with Gasteiger partial charge in [-0.15, -0.1) is 0 Å². The van der Waals surface area contributed by atoms with Crippen LogP contribution in [-0.4, -0.2) is 6.04 Å². The van der Waals surface area contributed by atoms with Crippen molar-refractivity contribution in [2.75, 3.05) is 0 Å². The number of alkyl halides is 3. The first-order valence-electron chi connectivity index (χ1n) is 6.51. The SMILES string of the molecule is NC(Cc1ccc(C(F)(F)F)cc1)Cc1ccccc1Br. The fourth-order valence-corrected chi connectivity index (χ4v) is 2.60. The van der Waals surface area contributed by atoms with E-state index >= 15 is 0 Å². The summed E-state index contributed by atoms with van der Waals surface area (Å²) in [7, 11) is 0. The molecule has 1 unspecified atom stereocenters. The van der Waals surface area contributed by atoms with Crippen molar-refractivity contribution in [2.45, 2.75) is 25.1 Å². The summed E-state index contributed by atoms with van der Waals surface area (Å²) in [4.78, 5) is 0. The summed E-state index contributed by atoms with van der Waals surface area (Å²) in [5.41, 5.74) is 7.36. The normalized spacial score (nSPS) is 13.2. The van der Waals surface area contributed by atoms with E-state index < -0.39 is 11.7 Å². The van der Waals surface area contributed by atoms with Crippen molar-refractivity contribution >= 4 is 15.9 Å². The lowest BCUT2D eigenvalue weighted by Gasteiger charge is -2.14. The average molecular weight is 358 g/mol. The third-order valence-corrected chi connectivity index (χ3v) is 3.99. The molecular formula is C16H15BrF3N. The number of nitrogens with two attached hydrogens (primary N) is 1. The molecule has 0 heterocycles. The Morgan fingerprint density at radius 2 is 1.57 bits per heavy atom. The largest absolute Gasteiger partial charge is 0.416 e. The third kappa shape index (κ3) is 4.58. The van der Waals surface area contributed by atoms with Gasteiger partial charge in [0.05, 0.1) is 5.56 Å². The van der Waals surface area contributed by atoms with Gasteiger partial charge in [0, 0.05) is 10.5 Å². The maximum atomic E-state index is 12.5. The van der Waals surface area contributed by atoms with Crippen molar-refractivity contribution < 1.29 is 13.2 Å². The van der Waals surface area contributed by atoms with Crippen LogP contribution in [0.3, 0.4) is 0 Å². The Labute approximate surface area is 130 Å². The molecule has 0 fully saturated rings. The van der Waals surface area contributed by atoms with Crippen molar-refractivity contribution in [3.05, 3.63) is 69.7 Å². The first-order chi connectivity index (χ1) is 9.86. The molecule has 0 aliphatic heterocycles. The van der Waals surface area contributed by atoms with Gasteiger partial charge in [-0.3, -0.25) is 0 Å². The maximum absolute atomic E-state index is 12.5. The Bertz CT molecular complexity index is 593. The fourth-order valence-electron chi connectivity index (χ4n) is 2.15. The topological polar surface area (TPSA) is 26.0 Å². The smallest absolute Gasteiger partial charge is 0.327 e. The number of hydrogen-bond donors (Lipinski definition) is 1. The predicted molar refractivity (Wildman–Crippen MR) is 81.0 cm³/mol. The minimum atomic E-state index is -4.30. The Balaban J connectivity index is 2.00. The van der Waals surface area contributed by atoms with E-state index in [1.807, 2.05) is 24.3 Å². The summed E-state index contributed by atoms with van der Waals surface area (Å²) in [6.07, 6.45) is -3.09. The maximum Gasteiger partial charge on any atom is 0.416 e. The molecule has 0 aliphatic carbocycles. The zero-order chi connectivity index (χ0) is 15.5. The highest BCUT2D eigenvalue weighted by Gasteiger charge is 2.29.